The Morgan fingerprint density at radius 3 is 2.95 bits per heavy atom. The fourth-order valence-electron chi connectivity index (χ4n) is 2.61. The minimum Gasteiger partial charge on any atom is -0.340 e. The average molecular weight is 281 g/mol. The summed E-state index contributed by atoms with van der Waals surface area (Å²) in [4.78, 5) is 18.8. The first kappa shape index (κ1) is 14.5. The molecule has 1 saturated heterocycles. The van der Waals surface area contributed by atoms with Crippen LogP contribution in [0.1, 0.15) is 38.3 Å². The highest BCUT2D eigenvalue weighted by Gasteiger charge is 2.24. The second-order valence-electron chi connectivity index (χ2n) is 5.05. The maximum atomic E-state index is 12.4. The minimum atomic E-state index is 0.293. The van der Waals surface area contributed by atoms with Crippen LogP contribution in [0.3, 0.4) is 0 Å². The molecule has 1 N–H and O–H groups in total. The summed E-state index contributed by atoms with van der Waals surface area (Å²) in [5.41, 5.74) is 2.87. The Hall–Kier alpha value is -0.940. The highest BCUT2D eigenvalue weighted by molar-refractivity contribution is 7.07. The van der Waals surface area contributed by atoms with Gasteiger partial charge in [0.15, 0.2) is 0 Å². The summed E-state index contributed by atoms with van der Waals surface area (Å²) in [7, 11) is 0. The van der Waals surface area contributed by atoms with Crippen molar-refractivity contribution in [2.75, 3.05) is 19.6 Å². The number of rotatable bonds is 6. The zero-order valence-electron chi connectivity index (χ0n) is 11.6. The van der Waals surface area contributed by atoms with E-state index >= 15 is 0 Å². The molecule has 19 heavy (non-hydrogen) atoms. The smallest absolute Gasteiger partial charge is 0.223 e. The molecule has 1 aliphatic heterocycles. The van der Waals surface area contributed by atoms with Crippen LogP contribution in [-0.2, 0) is 11.2 Å². The van der Waals surface area contributed by atoms with Crippen molar-refractivity contribution in [3.05, 3.63) is 16.6 Å². The molecule has 0 spiro atoms. The summed E-state index contributed by atoms with van der Waals surface area (Å²) >= 11 is 1.59. The summed E-state index contributed by atoms with van der Waals surface area (Å²) in [6, 6.07) is 0.434. The van der Waals surface area contributed by atoms with Crippen LogP contribution in [0.2, 0.25) is 0 Å². The second-order valence-corrected chi connectivity index (χ2v) is 5.77. The predicted molar refractivity (Wildman–Crippen MR) is 78.3 cm³/mol. The van der Waals surface area contributed by atoms with Crippen LogP contribution in [0.4, 0.5) is 0 Å². The zero-order valence-corrected chi connectivity index (χ0v) is 12.4. The molecule has 0 saturated carbocycles. The summed E-state index contributed by atoms with van der Waals surface area (Å²) in [6.07, 6.45) is 4.57. The average Bonchev–Trinajstić information content (AvgIpc) is 2.96. The van der Waals surface area contributed by atoms with E-state index in [1.807, 2.05) is 10.9 Å². The predicted octanol–water partition coefficient (Wildman–Crippen LogP) is 2.07. The minimum absolute atomic E-state index is 0.293. The lowest BCUT2D eigenvalue weighted by Crippen LogP contribution is -2.46. The van der Waals surface area contributed by atoms with Gasteiger partial charge in [-0.3, -0.25) is 4.79 Å². The Morgan fingerprint density at radius 2 is 2.32 bits per heavy atom. The standard InChI is InChI=1S/C14H23N3OS/c1-2-9-17(13-5-7-15-8-6-13)14(18)4-3-12-10-19-11-16-12/h10-11,13,15H,2-9H2,1H3. The Balaban J connectivity index is 1.87. The van der Waals surface area contributed by atoms with E-state index in [2.05, 4.69) is 22.1 Å². The molecule has 0 aliphatic carbocycles. The number of carbonyl (C=O) groups is 1. The number of aryl methyl sites for hydroxylation is 1. The topological polar surface area (TPSA) is 45.2 Å². The molecular weight excluding hydrogens is 258 g/mol. The van der Waals surface area contributed by atoms with E-state index in [4.69, 9.17) is 0 Å². The third kappa shape index (κ3) is 4.28. The summed E-state index contributed by atoms with van der Waals surface area (Å²) in [6.45, 7) is 5.09. The van der Waals surface area contributed by atoms with Crippen molar-refractivity contribution in [3.8, 4) is 0 Å². The van der Waals surface area contributed by atoms with Crippen LogP contribution in [0.5, 0.6) is 0 Å². The highest BCUT2D eigenvalue weighted by atomic mass is 32.1. The van der Waals surface area contributed by atoms with Crippen LogP contribution in [-0.4, -0.2) is 41.5 Å². The molecule has 0 atom stereocenters. The van der Waals surface area contributed by atoms with Gasteiger partial charge in [0.1, 0.15) is 0 Å². The molecule has 1 aromatic heterocycles. The zero-order chi connectivity index (χ0) is 13.5. The van der Waals surface area contributed by atoms with Gasteiger partial charge in [0.05, 0.1) is 11.2 Å². The third-order valence-electron chi connectivity index (χ3n) is 3.61. The summed E-state index contributed by atoms with van der Waals surface area (Å²) in [5.74, 6) is 0.293. The van der Waals surface area contributed by atoms with Gasteiger partial charge in [-0.2, -0.15) is 0 Å². The van der Waals surface area contributed by atoms with E-state index in [1.54, 1.807) is 11.3 Å². The van der Waals surface area contributed by atoms with Crippen LogP contribution >= 0.6 is 11.3 Å². The lowest BCUT2D eigenvalue weighted by atomic mass is 10.0. The van der Waals surface area contributed by atoms with Crippen molar-refractivity contribution in [2.45, 2.75) is 45.1 Å². The van der Waals surface area contributed by atoms with Crippen molar-refractivity contribution in [1.29, 1.82) is 0 Å². The molecule has 1 amide bonds. The van der Waals surface area contributed by atoms with Crippen LogP contribution in [0.15, 0.2) is 10.9 Å². The van der Waals surface area contributed by atoms with E-state index in [9.17, 15) is 4.79 Å². The first-order valence-corrected chi connectivity index (χ1v) is 8.12. The quantitative estimate of drug-likeness (QED) is 0.868. The Morgan fingerprint density at radius 1 is 1.53 bits per heavy atom. The van der Waals surface area contributed by atoms with Crippen LogP contribution in [0, 0.1) is 0 Å². The van der Waals surface area contributed by atoms with E-state index < -0.39 is 0 Å². The first-order chi connectivity index (χ1) is 9.31. The van der Waals surface area contributed by atoms with Gasteiger partial charge < -0.3 is 10.2 Å². The molecule has 2 heterocycles. The molecule has 5 heteroatoms. The van der Waals surface area contributed by atoms with E-state index in [0.29, 0.717) is 18.4 Å². The number of piperidine rings is 1. The lowest BCUT2D eigenvalue weighted by Gasteiger charge is -2.34. The fraction of sp³-hybridized carbons (Fsp3) is 0.714. The van der Waals surface area contributed by atoms with E-state index in [0.717, 1.165) is 51.0 Å². The maximum Gasteiger partial charge on any atom is 0.223 e. The highest BCUT2D eigenvalue weighted by Crippen LogP contribution is 2.15. The summed E-state index contributed by atoms with van der Waals surface area (Å²) < 4.78 is 0. The molecule has 0 bridgehead atoms. The fourth-order valence-corrected chi connectivity index (χ4v) is 3.20. The number of thiazole rings is 1. The van der Waals surface area contributed by atoms with Crippen molar-refractivity contribution in [2.24, 2.45) is 0 Å². The molecule has 0 unspecified atom stereocenters. The van der Waals surface area contributed by atoms with E-state index in [1.165, 1.54) is 0 Å². The SMILES string of the molecule is CCCN(C(=O)CCc1cscn1)C1CCNCC1. The van der Waals surface area contributed by atoms with Gasteiger partial charge in [0.2, 0.25) is 5.91 Å². The Bertz CT molecular complexity index is 374. The Labute approximate surface area is 119 Å². The molecule has 0 radical (unpaired) electrons. The number of carbonyl (C=O) groups excluding carboxylic acids is 1. The lowest BCUT2D eigenvalue weighted by molar-refractivity contribution is -0.134. The maximum absolute atomic E-state index is 12.4. The van der Waals surface area contributed by atoms with Gasteiger partial charge in [-0.05, 0) is 38.8 Å². The number of hydrogen-bond acceptors (Lipinski definition) is 4. The van der Waals surface area contributed by atoms with Gasteiger partial charge >= 0.3 is 0 Å². The third-order valence-corrected chi connectivity index (χ3v) is 4.25. The Kier molecular flexibility index (Phi) is 5.79. The molecule has 4 nitrogen and oxygen atoms in total. The number of aromatic nitrogens is 1. The molecule has 106 valence electrons. The molecular formula is C14H23N3OS. The van der Waals surface area contributed by atoms with Crippen molar-refractivity contribution in [1.82, 2.24) is 15.2 Å². The van der Waals surface area contributed by atoms with Gasteiger partial charge in [-0.15, -0.1) is 11.3 Å². The van der Waals surface area contributed by atoms with Crippen molar-refractivity contribution < 1.29 is 4.79 Å². The van der Waals surface area contributed by atoms with Crippen LogP contribution in [0.25, 0.3) is 0 Å². The molecule has 1 aromatic rings. The van der Waals surface area contributed by atoms with Gasteiger partial charge in [0, 0.05) is 24.4 Å². The van der Waals surface area contributed by atoms with Crippen molar-refractivity contribution in [3.63, 3.8) is 0 Å². The number of hydrogen-bond donors (Lipinski definition) is 1. The first-order valence-electron chi connectivity index (χ1n) is 7.18. The molecule has 1 fully saturated rings. The molecule has 2 rings (SSSR count). The normalized spacial score (nSPS) is 16.5. The number of nitrogens with one attached hydrogen (secondary N) is 1. The molecule has 1 aliphatic rings. The second kappa shape index (κ2) is 7.60. The monoisotopic (exact) mass is 281 g/mol. The van der Waals surface area contributed by atoms with Crippen molar-refractivity contribution >= 4 is 17.2 Å². The number of nitrogens with zero attached hydrogens (tertiary/aromatic N) is 2. The number of amides is 1. The van der Waals surface area contributed by atoms with E-state index in [-0.39, 0.29) is 0 Å². The van der Waals surface area contributed by atoms with Gasteiger partial charge in [0.25, 0.3) is 0 Å². The van der Waals surface area contributed by atoms with Crippen LogP contribution < -0.4 is 5.32 Å². The largest absolute Gasteiger partial charge is 0.340 e. The summed E-state index contributed by atoms with van der Waals surface area (Å²) in [5, 5.41) is 5.39. The van der Waals surface area contributed by atoms with Gasteiger partial charge in [-0.25, -0.2) is 4.98 Å². The molecule has 0 aromatic carbocycles. The van der Waals surface area contributed by atoms with Gasteiger partial charge in [-0.1, -0.05) is 6.92 Å².